The van der Waals surface area contributed by atoms with E-state index >= 15 is 0 Å². The molecule has 1 unspecified atom stereocenters. The van der Waals surface area contributed by atoms with Crippen LogP contribution in [0, 0.1) is 5.92 Å². The highest BCUT2D eigenvalue weighted by atomic mass is 16.1. The van der Waals surface area contributed by atoms with Gasteiger partial charge < -0.3 is 9.88 Å². The van der Waals surface area contributed by atoms with E-state index in [0.29, 0.717) is 5.92 Å². The van der Waals surface area contributed by atoms with Crippen molar-refractivity contribution in [3.8, 4) is 0 Å². The minimum absolute atomic E-state index is 0.00519. The SMILES string of the molecule is O=c1cnccn1CC1CCNC1. The maximum Gasteiger partial charge on any atom is 0.268 e. The lowest BCUT2D eigenvalue weighted by Crippen LogP contribution is -2.24. The van der Waals surface area contributed by atoms with Crippen LogP contribution in [0.1, 0.15) is 6.42 Å². The van der Waals surface area contributed by atoms with Crippen molar-refractivity contribution < 1.29 is 0 Å². The van der Waals surface area contributed by atoms with Crippen molar-refractivity contribution >= 4 is 0 Å². The minimum Gasteiger partial charge on any atom is -0.316 e. The Labute approximate surface area is 76.6 Å². The van der Waals surface area contributed by atoms with E-state index in [1.54, 1.807) is 17.0 Å². The molecule has 1 N–H and O–H groups in total. The van der Waals surface area contributed by atoms with Crippen LogP contribution in [0.4, 0.5) is 0 Å². The van der Waals surface area contributed by atoms with Crippen LogP contribution in [0.3, 0.4) is 0 Å². The normalized spacial score (nSPS) is 22.0. The molecule has 1 atom stereocenters. The molecule has 1 aromatic heterocycles. The van der Waals surface area contributed by atoms with Crippen LogP contribution in [0.25, 0.3) is 0 Å². The highest BCUT2D eigenvalue weighted by molar-refractivity contribution is 4.82. The Morgan fingerprint density at radius 2 is 2.62 bits per heavy atom. The Hall–Kier alpha value is -1.16. The zero-order chi connectivity index (χ0) is 9.10. The van der Waals surface area contributed by atoms with E-state index in [4.69, 9.17) is 0 Å². The van der Waals surface area contributed by atoms with Gasteiger partial charge in [-0.25, -0.2) is 0 Å². The molecular formula is C9H13N3O. The molecular weight excluding hydrogens is 166 g/mol. The van der Waals surface area contributed by atoms with Gasteiger partial charge in [-0.1, -0.05) is 0 Å². The largest absolute Gasteiger partial charge is 0.316 e. The molecule has 1 fully saturated rings. The molecule has 1 aliphatic heterocycles. The molecule has 1 aromatic rings. The maximum atomic E-state index is 11.3. The first kappa shape index (κ1) is 8.44. The second-order valence-electron chi connectivity index (χ2n) is 3.43. The first-order chi connectivity index (χ1) is 6.36. The fourth-order valence-corrected chi connectivity index (χ4v) is 1.67. The molecule has 1 saturated heterocycles. The van der Waals surface area contributed by atoms with Gasteiger partial charge in [-0.3, -0.25) is 9.78 Å². The van der Waals surface area contributed by atoms with Crippen LogP contribution < -0.4 is 10.9 Å². The predicted molar refractivity (Wildman–Crippen MR) is 49.5 cm³/mol. The van der Waals surface area contributed by atoms with E-state index in [0.717, 1.165) is 26.1 Å². The second-order valence-corrected chi connectivity index (χ2v) is 3.43. The minimum atomic E-state index is -0.00519. The van der Waals surface area contributed by atoms with E-state index in [2.05, 4.69) is 10.3 Å². The molecule has 0 saturated carbocycles. The number of nitrogens with zero attached hydrogens (tertiary/aromatic N) is 2. The topological polar surface area (TPSA) is 46.9 Å². The van der Waals surface area contributed by atoms with Crippen LogP contribution in [0.5, 0.6) is 0 Å². The molecule has 0 radical (unpaired) electrons. The molecule has 0 amide bonds. The molecule has 4 nitrogen and oxygen atoms in total. The summed E-state index contributed by atoms with van der Waals surface area (Å²) in [6, 6.07) is 0. The van der Waals surface area contributed by atoms with Crippen molar-refractivity contribution in [1.82, 2.24) is 14.9 Å². The van der Waals surface area contributed by atoms with Gasteiger partial charge in [0.1, 0.15) is 0 Å². The smallest absolute Gasteiger partial charge is 0.268 e. The van der Waals surface area contributed by atoms with E-state index in [-0.39, 0.29) is 5.56 Å². The van der Waals surface area contributed by atoms with Gasteiger partial charge in [-0.15, -0.1) is 0 Å². The molecule has 70 valence electrons. The van der Waals surface area contributed by atoms with E-state index in [9.17, 15) is 4.79 Å². The Kier molecular flexibility index (Phi) is 2.40. The summed E-state index contributed by atoms with van der Waals surface area (Å²) in [5.41, 5.74) is -0.00519. The van der Waals surface area contributed by atoms with Crippen LogP contribution in [0.2, 0.25) is 0 Å². The average Bonchev–Trinajstić information content (AvgIpc) is 2.61. The first-order valence-corrected chi connectivity index (χ1v) is 4.57. The molecule has 13 heavy (non-hydrogen) atoms. The molecule has 1 aliphatic rings. The third-order valence-corrected chi connectivity index (χ3v) is 2.42. The molecule has 0 spiro atoms. The van der Waals surface area contributed by atoms with E-state index < -0.39 is 0 Å². The summed E-state index contributed by atoms with van der Waals surface area (Å²) < 4.78 is 1.73. The van der Waals surface area contributed by atoms with Crippen molar-refractivity contribution in [1.29, 1.82) is 0 Å². The van der Waals surface area contributed by atoms with Crippen LogP contribution in [-0.4, -0.2) is 22.6 Å². The van der Waals surface area contributed by atoms with Crippen LogP contribution >= 0.6 is 0 Å². The maximum absolute atomic E-state index is 11.3. The van der Waals surface area contributed by atoms with E-state index in [1.807, 2.05) is 0 Å². The number of hydrogen-bond acceptors (Lipinski definition) is 3. The molecule has 0 bridgehead atoms. The third kappa shape index (κ3) is 1.95. The summed E-state index contributed by atoms with van der Waals surface area (Å²) in [5.74, 6) is 0.597. The van der Waals surface area contributed by atoms with Crippen LogP contribution in [0.15, 0.2) is 23.4 Å². The lowest BCUT2D eigenvalue weighted by molar-refractivity contribution is 0.470. The monoisotopic (exact) mass is 179 g/mol. The summed E-state index contributed by atoms with van der Waals surface area (Å²) in [7, 11) is 0. The molecule has 0 aliphatic carbocycles. The van der Waals surface area contributed by atoms with Crippen molar-refractivity contribution in [2.45, 2.75) is 13.0 Å². The Bertz CT molecular complexity index is 328. The van der Waals surface area contributed by atoms with Gasteiger partial charge in [0.05, 0.1) is 6.20 Å². The summed E-state index contributed by atoms with van der Waals surface area (Å²) in [4.78, 5) is 15.1. The second kappa shape index (κ2) is 3.70. The van der Waals surface area contributed by atoms with Crippen molar-refractivity contribution in [3.63, 3.8) is 0 Å². The zero-order valence-corrected chi connectivity index (χ0v) is 7.44. The van der Waals surface area contributed by atoms with Crippen LogP contribution in [-0.2, 0) is 6.54 Å². The van der Waals surface area contributed by atoms with Gasteiger partial charge in [0.2, 0.25) is 0 Å². The Morgan fingerprint density at radius 3 is 3.31 bits per heavy atom. The quantitative estimate of drug-likeness (QED) is 0.687. The van der Waals surface area contributed by atoms with Crippen molar-refractivity contribution in [2.75, 3.05) is 13.1 Å². The fraction of sp³-hybridized carbons (Fsp3) is 0.556. The van der Waals surface area contributed by atoms with E-state index in [1.165, 1.54) is 6.20 Å². The summed E-state index contributed by atoms with van der Waals surface area (Å²) in [5, 5.41) is 3.28. The highest BCUT2D eigenvalue weighted by Crippen LogP contribution is 2.08. The van der Waals surface area contributed by atoms with Gasteiger partial charge >= 0.3 is 0 Å². The lowest BCUT2D eigenvalue weighted by atomic mass is 10.1. The summed E-state index contributed by atoms with van der Waals surface area (Å²) >= 11 is 0. The molecule has 2 heterocycles. The Morgan fingerprint density at radius 1 is 1.69 bits per heavy atom. The van der Waals surface area contributed by atoms with Gasteiger partial charge in [0.25, 0.3) is 5.56 Å². The lowest BCUT2D eigenvalue weighted by Gasteiger charge is -2.09. The number of hydrogen-bond donors (Lipinski definition) is 1. The van der Waals surface area contributed by atoms with Crippen molar-refractivity contribution in [2.24, 2.45) is 5.92 Å². The predicted octanol–water partition coefficient (Wildman–Crippen LogP) is -0.147. The number of rotatable bonds is 2. The number of nitrogens with one attached hydrogen (secondary N) is 1. The molecule has 4 heteroatoms. The summed E-state index contributed by atoms with van der Waals surface area (Å²) in [6.07, 6.45) is 5.93. The zero-order valence-electron chi connectivity index (χ0n) is 7.44. The summed E-state index contributed by atoms with van der Waals surface area (Å²) in [6.45, 7) is 2.91. The fourth-order valence-electron chi connectivity index (χ4n) is 1.67. The van der Waals surface area contributed by atoms with Gasteiger partial charge in [-0.05, 0) is 25.4 Å². The average molecular weight is 179 g/mol. The van der Waals surface area contributed by atoms with Gasteiger partial charge in [0, 0.05) is 18.9 Å². The first-order valence-electron chi connectivity index (χ1n) is 4.57. The molecule has 2 rings (SSSR count). The standard InChI is InChI=1S/C9H13N3O/c13-9-6-11-3-4-12(9)7-8-1-2-10-5-8/h3-4,6,8,10H,1-2,5,7H2. The van der Waals surface area contributed by atoms with Gasteiger partial charge in [-0.2, -0.15) is 0 Å². The van der Waals surface area contributed by atoms with Crippen molar-refractivity contribution in [3.05, 3.63) is 28.9 Å². The number of aromatic nitrogens is 2. The molecule has 0 aromatic carbocycles. The van der Waals surface area contributed by atoms with Gasteiger partial charge in [0.15, 0.2) is 0 Å². The Balaban J connectivity index is 2.08. The highest BCUT2D eigenvalue weighted by Gasteiger charge is 2.14. The third-order valence-electron chi connectivity index (χ3n) is 2.42.